The largest absolute Gasteiger partial charge is 0.497 e. The first-order valence-electron chi connectivity index (χ1n) is 6.23. The van der Waals surface area contributed by atoms with Crippen molar-refractivity contribution in [1.29, 1.82) is 0 Å². The molecule has 0 aliphatic rings. The SMILES string of the molecule is COC(=O)c1sc(-c2ccc(OC)cc2OC)c(C)c1N. The van der Waals surface area contributed by atoms with Crippen molar-refractivity contribution in [1.82, 2.24) is 0 Å². The molecule has 1 aromatic heterocycles. The van der Waals surface area contributed by atoms with Crippen molar-refractivity contribution in [2.24, 2.45) is 0 Å². The van der Waals surface area contributed by atoms with Crippen molar-refractivity contribution in [3.05, 3.63) is 28.6 Å². The summed E-state index contributed by atoms with van der Waals surface area (Å²) < 4.78 is 15.3. The third-order valence-electron chi connectivity index (χ3n) is 3.22. The van der Waals surface area contributed by atoms with Gasteiger partial charge in [0.25, 0.3) is 0 Å². The van der Waals surface area contributed by atoms with Crippen LogP contribution in [0, 0.1) is 6.92 Å². The first-order valence-corrected chi connectivity index (χ1v) is 7.04. The Hall–Kier alpha value is -2.21. The zero-order chi connectivity index (χ0) is 15.6. The van der Waals surface area contributed by atoms with Gasteiger partial charge in [0.1, 0.15) is 16.4 Å². The minimum Gasteiger partial charge on any atom is -0.497 e. The summed E-state index contributed by atoms with van der Waals surface area (Å²) >= 11 is 1.29. The van der Waals surface area contributed by atoms with Crippen molar-refractivity contribution in [2.45, 2.75) is 6.92 Å². The molecule has 0 unspecified atom stereocenters. The van der Waals surface area contributed by atoms with Gasteiger partial charge < -0.3 is 19.9 Å². The van der Waals surface area contributed by atoms with Crippen LogP contribution in [0.15, 0.2) is 18.2 Å². The molecule has 6 heteroatoms. The average molecular weight is 307 g/mol. The second kappa shape index (κ2) is 6.05. The quantitative estimate of drug-likeness (QED) is 0.879. The van der Waals surface area contributed by atoms with Gasteiger partial charge in [0.15, 0.2) is 0 Å². The number of rotatable bonds is 4. The minimum atomic E-state index is -0.431. The van der Waals surface area contributed by atoms with Gasteiger partial charge in [0, 0.05) is 16.5 Å². The highest BCUT2D eigenvalue weighted by Crippen LogP contribution is 2.43. The molecule has 0 spiro atoms. The van der Waals surface area contributed by atoms with Crippen LogP contribution in [0.2, 0.25) is 0 Å². The second-order valence-electron chi connectivity index (χ2n) is 4.36. The Morgan fingerprint density at radius 2 is 1.90 bits per heavy atom. The van der Waals surface area contributed by atoms with Gasteiger partial charge in [0.05, 0.1) is 27.0 Å². The van der Waals surface area contributed by atoms with Crippen LogP contribution in [0.3, 0.4) is 0 Å². The Bertz CT molecular complexity index is 679. The first-order chi connectivity index (χ1) is 10.0. The Morgan fingerprint density at radius 1 is 1.19 bits per heavy atom. The van der Waals surface area contributed by atoms with E-state index in [-0.39, 0.29) is 0 Å². The number of benzene rings is 1. The fourth-order valence-corrected chi connectivity index (χ4v) is 3.19. The number of methoxy groups -OCH3 is 3. The van der Waals surface area contributed by atoms with E-state index in [1.807, 2.05) is 19.1 Å². The van der Waals surface area contributed by atoms with Gasteiger partial charge >= 0.3 is 5.97 Å². The summed E-state index contributed by atoms with van der Waals surface area (Å²) in [6.45, 7) is 1.87. The number of thiophene rings is 1. The number of hydrogen-bond donors (Lipinski definition) is 1. The lowest BCUT2D eigenvalue weighted by molar-refractivity contribution is 0.0607. The van der Waals surface area contributed by atoms with Crippen LogP contribution in [0.25, 0.3) is 10.4 Å². The van der Waals surface area contributed by atoms with Gasteiger partial charge in [0.2, 0.25) is 0 Å². The maximum Gasteiger partial charge on any atom is 0.350 e. The summed E-state index contributed by atoms with van der Waals surface area (Å²) in [7, 11) is 4.52. The molecule has 1 heterocycles. The molecule has 0 fully saturated rings. The molecule has 2 N–H and O–H groups in total. The molecular weight excluding hydrogens is 290 g/mol. The molecule has 0 aliphatic heterocycles. The summed E-state index contributed by atoms with van der Waals surface area (Å²) in [4.78, 5) is 13.0. The van der Waals surface area contributed by atoms with E-state index in [1.165, 1.54) is 18.4 Å². The van der Waals surface area contributed by atoms with E-state index in [4.69, 9.17) is 19.9 Å². The molecule has 1 aromatic carbocycles. The van der Waals surface area contributed by atoms with Crippen molar-refractivity contribution in [2.75, 3.05) is 27.1 Å². The van der Waals surface area contributed by atoms with E-state index in [2.05, 4.69) is 0 Å². The Morgan fingerprint density at radius 3 is 2.48 bits per heavy atom. The molecule has 2 rings (SSSR count). The van der Waals surface area contributed by atoms with Crippen LogP contribution in [-0.4, -0.2) is 27.3 Å². The van der Waals surface area contributed by atoms with Crippen molar-refractivity contribution >= 4 is 23.0 Å². The van der Waals surface area contributed by atoms with Gasteiger partial charge in [-0.25, -0.2) is 4.79 Å². The van der Waals surface area contributed by atoms with E-state index >= 15 is 0 Å². The van der Waals surface area contributed by atoms with Crippen molar-refractivity contribution < 1.29 is 19.0 Å². The van der Waals surface area contributed by atoms with E-state index in [1.54, 1.807) is 20.3 Å². The third-order valence-corrected chi connectivity index (χ3v) is 4.54. The Kier molecular flexibility index (Phi) is 4.37. The number of esters is 1. The summed E-state index contributed by atoms with van der Waals surface area (Å²) in [5.41, 5.74) is 8.15. The lowest BCUT2D eigenvalue weighted by Gasteiger charge is -2.10. The Labute approximate surface area is 127 Å². The van der Waals surface area contributed by atoms with Gasteiger partial charge in [-0.15, -0.1) is 11.3 Å². The lowest BCUT2D eigenvalue weighted by Crippen LogP contribution is -2.01. The number of ether oxygens (including phenoxy) is 3. The number of carbonyl (C=O) groups is 1. The van der Waals surface area contributed by atoms with E-state index < -0.39 is 5.97 Å². The van der Waals surface area contributed by atoms with Gasteiger partial charge in [-0.1, -0.05) is 0 Å². The maximum absolute atomic E-state index is 11.7. The average Bonchev–Trinajstić information content (AvgIpc) is 2.81. The molecule has 21 heavy (non-hydrogen) atoms. The van der Waals surface area contributed by atoms with Crippen molar-refractivity contribution in [3.63, 3.8) is 0 Å². The normalized spacial score (nSPS) is 10.3. The summed E-state index contributed by atoms with van der Waals surface area (Å²) in [5.74, 6) is 0.931. The summed E-state index contributed by atoms with van der Waals surface area (Å²) in [6.07, 6.45) is 0. The molecule has 0 aliphatic carbocycles. The fourth-order valence-electron chi connectivity index (χ4n) is 2.01. The number of nitrogens with two attached hydrogens (primary N) is 1. The van der Waals surface area contributed by atoms with Crippen LogP contribution in [0.4, 0.5) is 5.69 Å². The molecule has 2 aromatic rings. The minimum absolute atomic E-state index is 0.405. The molecule has 0 saturated carbocycles. The van der Waals surface area contributed by atoms with Crippen LogP contribution >= 0.6 is 11.3 Å². The molecule has 0 bridgehead atoms. The highest BCUT2D eigenvalue weighted by molar-refractivity contribution is 7.18. The van der Waals surface area contributed by atoms with E-state index in [0.717, 1.165) is 16.0 Å². The zero-order valence-corrected chi connectivity index (χ0v) is 13.2. The summed E-state index contributed by atoms with van der Waals surface area (Å²) in [5, 5.41) is 0. The van der Waals surface area contributed by atoms with Crippen LogP contribution in [0.1, 0.15) is 15.2 Å². The number of carbonyl (C=O) groups excluding carboxylic acids is 1. The molecule has 0 atom stereocenters. The smallest absolute Gasteiger partial charge is 0.350 e. The molecule has 5 nitrogen and oxygen atoms in total. The topological polar surface area (TPSA) is 70.8 Å². The molecule has 0 radical (unpaired) electrons. The zero-order valence-electron chi connectivity index (χ0n) is 12.4. The van der Waals surface area contributed by atoms with Gasteiger partial charge in [-0.2, -0.15) is 0 Å². The van der Waals surface area contributed by atoms with E-state index in [0.29, 0.717) is 22.1 Å². The highest BCUT2D eigenvalue weighted by atomic mass is 32.1. The molecule has 0 saturated heterocycles. The van der Waals surface area contributed by atoms with Crippen LogP contribution in [-0.2, 0) is 4.74 Å². The maximum atomic E-state index is 11.7. The monoisotopic (exact) mass is 307 g/mol. The predicted octanol–water partition coefficient (Wildman–Crippen LogP) is 3.11. The second-order valence-corrected chi connectivity index (χ2v) is 5.38. The predicted molar refractivity (Wildman–Crippen MR) is 83.3 cm³/mol. The Balaban J connectivity index is 2.59. The fraction of sp³-hybridized carbons (Fsp3) is 0.267. The third kappa shape index (κ3) is 2.67. The highest BCUT2D eigenvalue weighted by Gasteiger charge is 2.21. The van der Waals surface area contributed by atoms with Crippen LogP contribution in [0.5, 0.6) is 11.5 Å². The number of hydrogen-bond acceptors (Lipinski definition) is 6. The van der Waals surface area contributed by atoms with Gasteiger partial charge in [-0.05, 0) is 24.6 Å². The molecular formula is C15H17NO4S. The molecule has 112 valence electrons. The standard InChI is InChI=1S/C15H17NO4S/c1-8-12(16)14(15(17)20-4)21-13(8)10-6-5-9(18-2)7-11(10)19-3/h5-7H,16H2,1-4H3. The lowest BCUT2D eigenvalue weighted by atomic mass is 10.1. The number of anilines is 1. The summed E-state index contributed by atoms with van der Waals surface area (Å²) in [6, 6.07) is 5.52. The van der Waals surface area contributed by atoms with Crippen LogP contribution < -0.4 is 15.2 Å². The first kappa shape index (κ1) is 15.2. The molecule has 0 amide bonds. The van der Waals surface area contributed by atoms with Gasteiger partial charge in [-0.3, -0.25) is 0 Å². The number of nitrogen functional groups attached to an aromatic ring is 1. The van der Waals surface area contributed by atoms with Crippen molar-refractivity contribution in [3.8, 4) is 21.9 Å². The van der Waals surface area contributed by atoms with E-state index in [9.17, 15) is 4.79 Å².